The van der Waals surface area contributed by atoms with Crippen molar-refractivity contribution in [3.63, 3.8) is 0 Å². The Labute approximate surface area is 239 Å². The normalized spacial score (nSPS) is 15.4. The predicted octanol–water partition coefficient (Wildman–Crippen LogP) is 3.68. The van der Waals surface area contributed by atoms with Crippen LogP contribution in [0.3, 0.4) is 0 Å². The second kappa shape index (κ2) is 16.5. The minimum atomic E-state index is -0.731. The van der Waals surface area contributed by atoms with Crippen molar-refractivity contribution in [3.8, 4) is 0 Å². The Morgan fingerprint density at radius 3 is 2.45 bits per heavy atom. The summed E-state index contributed by atoms with van der Waals surface area (Å²) in [6, 6.07) is 15.3. The molecule has 2 amide bonds. The first-order valence-electron chi connectivity index (χ1n) is 13.5. The summed E-state index contributed by atoms with van der Waals surface area (Å²) in [5.41, 5.74) is 1.53. The van der Waals surface area contributed by atoms with Crippen molar-refractivity contribution in [2.75, 3.05) is 37.0 Å². The second-order valence-corrected chi connectivity index (χ2v) is 10.1. The van der Waals surface area contributed by atoms with Crippen molar-refractivity contribution in [1.82, 2.24) is 10.6 Å². The van der Waals surface area contributed by atoms with E-state index in [0.717, 1.165) is 10.5 Å². The second-order valence-electron chi connectivity index (χ2n) is 9.02. The molecule has 0 aliphatic carbocycles. The highest BCUT2D eigenvalue weighted by atomic mass is 32.2. The number of ether oxygens (including phenoxy) is 3. The standard InChI is InChI=1S/C29H37N3O7S/c1-3-37-26(33)18-32-24-15-8-9-16-25(24)40-20-23(27(32)34)31-22(28(35)38-4-2)14-10-11-17-30-29(36)39-19-21-12-6-5-7-13-21/h5-9,12-13,15-16,22-23,31H,3-4,10-11,14,17-20H2,1-2H3,(H,30,36)/t22-,23?/m1/s1. The number of rotatable bonds is 14. The number of anilines is 1. The summed E-state index contributed by atoms with van der Waals surface area (Å²) in [4.78, 5) is 53.0. The van der Waals surface area contributed by atoms with E-state index in [2.05, 4.69) is 10.6 Å². The molecule has 1 unspecified atom stereocenters. The molecule has 2 atom stereocenters. The highest BCUT2D eigenvalue weighted by molar-refractivity contribution is 7.99. The van der Waals surface area contributed by atoms with Crippen LogP contribution in [0.2, 0.25) is 0 Å². The molecule has 1 heterocycles. The summed E-state index contributed by atoms with van der Waals surface area (Å²) in [6.45, 7) is 4.20. The summed E-state index contributed by atoms with van der Waals surface area (Å²) >= 11 is 1.48. The molecule has 1 aliphatic rings. The fraction of sp³-hybridized carbons (Fsp3) is 0.448. The van der Waals surface area contributed by atoms with Gasteiger partial charge < -0.3 is 19.5 Å². The number of carbonyl (C=O) groups is 4. The topological polar surface area (TPSA) is 123 Å². The van der Waals surface area contributed by atoms with Crippen LogP contribution in [-0.2, 0) is 35.2 Å². The number of hydrogen-bond acceptors (Lipinski definition) is 9. The lowest BCUT2D eigenvalue weighted by atomic mass is 10.1. The molecule has 0 bridgehead atoms. The molecule has 0 radical (unpaired) electrons. The van der Waals surface area contributed by atoms with Gasteiger partial charge in [0.15, 0.2) is 0 Å². The van der Waals surface area contributed by atoms with Crippen molar-refractivity contribution < 1.29 is 33.4 Å². The van der Waals surface area contributed by atoms with Crippen LogP contribution in [0.15, 0.2) is 59.5 Å². The molecule has 10 nitrogen and oxygen atoms in total. The van der Waals surface area contributed by atoms with Gasteiger partial charge >= 0.3 is 18.0 Å². The van der Waals surface area contributed by atoms with Crippen molar-refractivity contribution in [1.29, 1.82) is 0 Å². The van der Waals surface area contributed by atoms with Gasteiger partial charge in [-0.25, -0.2) is 4.79 Å². The lowest BCUT2D eigenvalue weighted by Crippen LogP contribution is -2.54. The zero-order valence-corrected chi connectivity index (χ0v) is 23.7. The maximum Gasteiger partial charge on any atom is 0.407 e. The fourth-order valence-corrected chi connectivity index (χ4v) is 5.25. The maximum absolute atomic E-state index is 13.6. The number of hydrogen-bond donors (Lipinski definition) is 2. The van der Waals surface area contributed by atoms with E-state index < -0.39 is 30.1 Å². The van der Waals surface area contributed by atoms with Crippen molar-refractivity contribution in [2.24, 2.45) is 0 Å². The van der Waals surface area contributed by atoms with E-state index >= 15 is 0 Å². The van der Waals surface area contributed by atoms with Gasteiger partial charge in [0.25, 0.3) is 0 Å². The number of amides is 2. The van der Waals surface area contributed by atoms with Crippen LogP contribution in [0.25, 0.3) is 0 Å². The minimum Gasteiger partial charge on any atom is -0.465 e. The lowest BCUT2D eigenvalue weighted by molar-refractivity contribution is -0.146. The maximum atomic E-state index is 13.6. The Bertz CT molecular complexity index is 1130. The van der Waals surface area contributed by atoms with Crippen LogP contribution in [0, 0.1) is 0 Å². The summed E-state index contributed by atoms with van der Waals surface area (Å²) < 4.78 is 15.6. The number of carbonyl (C=O) groups excluding carboxylic acids is 4. The molecule has 0 saturated carbocycles. The van der Waals surface area contributed by atoms with E-state index in [9.17, 15) is 19.2 Å². The van der Waals surface area contributed by atoms with Gasteiger partial charge in [-0.05, 0) is 50.8 Å². The first-order chi connectivity index (χ1) is 19.4. The third kappa shape index (κ3) is 9.56. The number of para-hydroxylation sites is 1. The van der Waals surface area contributed by atoms with Crippen LogP contribution >= 0.6 is 11.8 Å². The largest absolute Gasteiger partial charge is 0.465 e. The van der Waals surface area contributed by atoms with Crippen LogP contribution in [-0.4, -0.2) is 68.1 Å². The lowest BCUT2D eigenvalue weighted by Gasteiger charge is -2.27. The van der Waals surface area contributed by atoms with E-state index in [1.807, 2.05) is 48.5 Å². The number of nitrogens with zero attached hydrogens (tertiary/aromatic N) is 1. The van der Waals surface area contributed by atoms with Gasteiger partial charge in [-0.15, -0.1) is 11.8 Å². The molecule has 0 aromatic heterocycles. The number of alkyl carbamates (subject to hydrolysis) is 1. The van der Waals surface area contributed by atoms with Crippen molar-refractivity contribution >= 4 is 41.4 Å². The quantitative estimate of drug-likeness (QED) is 0.199. The van der Waals surface area contributed by atoms with Gasteiger partial charge in [0.1, 0.15) is 19.2 Å². The molecule has 2 N–H and O–H groups in total. The molecular weight excluding hydrogens is 534 g/mol. The molecule has 216 valence electrons. The van der Waals surface area contributed by atoms with Crippen molar-refractivity contribution in [3.05, 3.63) is 60.2 Å². The van der Waals surface area contributed by atoms with Crippen LogP contribution in [0.4, 0.5) is 10.5 Å². The number of thioether (sulfide) groups is 1. The first kappa shape index (κ1) is 31.0. The molecule has 0 fully saturated rings. The molecule has 2 aromatic rings. The number of nitrogens with one attached hydrogen (secondary N) is 2. The summed E-state index contributed by atoms with van der Waals surface area (Å²) in [6.07, 6.45) is 1.09. The number of fused-ring (bicyclic) bond motifs is 1. The molecule has 11 heteroatoms. The Hall–Kier alpha value is -3.57. The Kier molecular flexibility index (Phi) is 12.8. The van der Waals surface area contributed by atoms with Gasteiger partial charge in [0.05, 0.1) is 24.9 Å². The zero-order valence-electron chi connectivity index (χ0n) is 22.9. The predicted molar refractivity (Wildman–Crippen MR) is 152 cm³/mol. The van der Waals surface area contributed by atoms with E-state index in [0.29, 0.717) is 37.2 Å². The van der Waals surface area contributed by atoms with Gasteiger partial charge in [0.2, 0.25) is 5.91 Å². The SMILES string of the molecule is CCOC(=O)CN1C(=O)C(N[C@H](CCCCNC(=O)OCc2ccccc2)C(=O)OCC)CSc2ccccc21. The summed E-state index contributed by atoms with van der Waals surface area (Å²) in [7, 11) is 0. The van der Waals surface area contributed by atoms with Gasteiger partial charge in [-0.3, -0.25) is 24.6 Å². The highest BCUT2D eigenvalue weighted by Crippen LogP contribution is 2.34. The molecule has 2 aromatic carbocycles. The Morgan fingerprint density at radius 2 is 1.70 bits per heavy atom. The third-order valence-electron chi connectivity index (χ3n) is 6.09. The van der Waals surface area contributed by atoms with Gasteiger partial charge in [-0.1, -0.05) is 42.5 Å². The third-order valence-corrected chi connectivity index (χ3v) is 7.25. The number of esters is 2. The van der Waals surface area contributed by atoms with Crippen LogP contribution < -0.4 is 15.5 Å². The Balaban J connectivity index is 1.56. The van der Waals surface area contributed by atoms with E-state index in [4.69, 9.17) is 14.2 Å². The molecule has 3 rings (SSSR count). The first-order valence-corrected chi connectivity index (χ1v) is 14.5. The van der Waals surface area contributed by atoms with Crippen molar-refractivity contribution in [2.45, 2.75) is 56.7 Å². The van der Waals surface area contributed by atoms with E-state index in [1.165, 1.54) is 16.7 Å². The van der Waals surface area contributed by atoms with Gasteiger partial charge in [0, 0.05) is 17.2 Å². The number of unbranched alkanes of at least 4 members (excludes halogenated alkanes) is 1. The highest BCUT2D eigenvalue weighted by Gasteiger charge is 2.35. The van der Waals surface area contributed by atoms with E-state index in [1.54, 1.807) is 19.9 Å². The summed E-state index contributed by atoms with van der Waals surface area (Å²) in [5.74, 6) is -0.898. The number of benzene rings is 2. The van der Waals surface area contributed by atoms with Crippen LogP contribution in [0.5, 0.6) is 0 Å². The van der Waals surface area contributed by atoms with E-state index in [-0.39, 0.29) is 32.3 Å². The molecule has 0 spiro atoms. The molecule has 0 saturated heterocycles. The average Bonchev–Trinajstić information content (AvgIpc) is 3.08. The van der Waals surface area contributed by atoms with Crippen LogP contribution in [0.1, 0.15) is 38.7 Å². The minimum absolute atomic E-state index is 0.187. The molecule has 40 heavy (non-hydrogen) atoms. The zero-order chi connectivity index (χ0) is 28.7. The molecule has 1 aliphatic heterocycles. The summed E-state index contributed by atoms with van der Waals surface area (Å²) in [5, 5.41) is 5.90. The molecular formula is C29H37N3O7S. The smallest absolute Gasteiger partial charge is 0.407 e. The average molecular weight is 572 g/mol. The monoisotopic (exact) mass is 571 g/mol. The Morgan fingerprint density at radius 1 is 0.975 bits per heavy atom. The van der Waals surface area contributed by atoms with Gasteiger partial charge in [-0.2, -0.15) is 0 Å². The fourth-order valence-electron chi connectivity index (χ4n) is 4.16.